The second-order valence-corrected chi connectivity index (χ2v) is 5.87. The lowest BCUT2D eigenvalue weighted by Crippen LogP contribution is -2.11. The standard InChI is InChI=1S/C15H14F2N2O4S/c1-3-8-4-12(14(23-2)18-7-8)19-24(22)13-5-9(15(20)21)10(16)6-11(13)17/h4-7,19H,3H2,1-2H3,(H,20,21). The van der Waals surface area contributed by atoms with E-state index >= 15 is 0 Å². The summed E-state index contributed by atoms with van der Waals surface area (Å²) >= 11 is 0. The number of aromatic carboxylic acids is 1. The first kappa shape index (κ1) is 17.8. The topological polar surface area (TPSA) is 88.5 Å². The van der Waals surface area contributed by atoms with Gasteiger partial charge in [0.1, 0.15) is 17.3 Å². The van der Waals surface area contributed by atoms with E-state index in [2.05, 4.69) is 9.71 Å². The van der Waals surface area contributed by atoms with Crippen LogP contribution in [-0.2, 0) is 17.4 Å². The molecule has 0 aliphatic carbocycles. The van der Waals surface area contributed by atoms with Gasteiger partial charge in [-0.15, -0.1) is 0 Å². The number of aromatic nitrogens is 1. The SMILES string of the molecule is CCc1cnc(OC)c(NS(=O)c2cc(C(=O)O)c(F)cc2F)c1. The van der Waals surface area contributed by atoms with Gasteiger partial charge in [-0.3, -0.25) is 4.72 Å². The molecule has 2 rings (SSSR count). The van der Waals surface area contributed by atoms with E-state index in [0.29, 0.717) is 18.6 Å². The highest BCUT2D eigenvalue weighted by atomic mass is 32.2. The molecule has 0 fully saturated rings. The van der Waals surface area contributed by atoms with Crippen molar-refractivity contribution in [2.45, 2.75) is 18.2 Å². The van der Waals surface area contributed by atoms with Crippen LogP contribution < -0.4 is 9.46 Å². The normalized spacial score (nSPS) is 11.8. The van der Waals surface area contributed by atoms with Crippen LogP contribution in [0.4, 0.5) is 14.5 Å². The van der Waals surface area contributed by atoms with E-state index in [4.69, 9.17) is 9.84 Å². The molecule has 2 aromatic rings. The Labute approximate surface area is 139 Å². The molecule has 1 heterocycles. The fraction of sp³-hybridized carbons (Fsp3) is 0.200. The summed E-state index contributed by atoms with van der Waals surface area (Å²) in [5.41, 5.74) is 0.297. The van der Waals surface area contributed by atoms with E-state index in [1.54, 1.807) is 12.3 Å². The average Bonchev–Trinajstić information content (AvgIpc) is 2.54. The second kappa shape index (κ2) is 7.35. The van der Waals surface area contributed by atoms with E-state index in [1.807, 2.05) is 6.92 Å². The third-order valence-electron chi connectivity index (χ3n) is 3.16. The lowest BCUT2D eigenvalue weighted by Gasteiger charge is -2.12. The largest absolute Gasteiger partial charge is 0.480 e. The fourth-order valence-corrected chi connectivity index (χ4v) is 2.83. The predicted octanol–water partition coefficient (Wildman–Crippen LogP) is 2.76. The minimum absolute atomic E-state index is 0.140. The number of carboxylic acid groups (broad SMARTS) is 1. The Hall–Kier alpha value is -2.55. The summed E-state index contributed by atoms with van der Waals surface area (Å²) in [5, 5.41) is 8.89. The third kappa shape index (κ3) is 3.67. The van der Waals surface area contributed by atoms with Crippen molar-refractivity contribution in [2.24, 2.45) is 0 Å². The number of nitrogens with zero attached hydrogens (tertiary/aromatic N) is 1. The molecule has 0 amide bonds. The summed E-state index contributed by atoms with van der Waals surface area (Å²) in [7, 11) is -0.814. The van der Waals surface area contributed by atoms with Crippen LogP contribution in [0.1, 0.15) is 22.8 Å². The number of carboxylic acids is 1. The maximum atomic E-state index is 13.9. The van der Waals surface area contributed by atoms with Gasteiger partial charge < -0.3 is 9.84 Å². The Morgan fingerprint density at radius 2 is 2.04 bits per heavy atom. The average molecular weight is 356 g/mol. The first-order chi connectivity index (χ1) is 11.4. The number of benzene rings is 1. The van der Waals surface area contributed by atoms with Gasteiger partial charge >= 0.3 is 5.97 Å². The summed E-state index contributed by atoms with van der Waals surface area (Å²) in [6.45, 7) is 1.89. The molecule has 9 heteroatoms. The smallest absolute Gasteiger partial charge is 0.338 e. The van der Waals surface area contributed by atoms with Gasteiger partial charge in [-0.25, -0.2) is 22.8 Å². The Balaban J connectivity index is 2.40. The van der Waals surface area contributed by atoms with Crippen molar-refractivity contribution in [1.82, 2.24) is 4.98 Å². The van der Waals surface area contributed by atoms with Crippen molar-refractivity contribution >= 4 is 22.6 Å². The molecule has 0 radical (unpaired) electrons. The number of hydrogen-bond donors (Lipinski definition) is 2. The van der Waals surface area contributed by atoms with E-state index in [9.17, 15) is 17.8 Å². The van der Waals surface area contributed by atoms with Crippen LogP contribution in [0.3, 0.4) is 0 Å². The Kier molecular flexibility index (Phi) is 5.45. The zero-order valence-corrected chi connectivity index (χ0v) is 13.6. The van der Waals surface area contributed by atoms with Gasteiger partial charge in [-0.2, -0.15) is 0 Å². The van der Waals surface area contributed by atoms with Crippen LogP contribution in [0, 0.1) is 11.6 Å². The molecular formula is C15H14F2N2O4S. The van der Waals surface area contributed by atoms with Crippen molar-refractivity contribution in [3.63, 3.8) is 0 Å². The highest BCUT2D eigenvalue weighted by Crippen LogP contribution is 2.26. The van der Waals surface area contributed by atoms with Crippen LogP contribution in [-0.4, -0.2) is 27.4 Å². The van der Waals surface area contributed by atoms with Crippen LogP contribution in [0.5, 0.6) is 5.88 Å². The first-order valence-corrected chi connectivity index (χ1v) is 7.96. The number of methoxy groups -OCH3 is 1. The van der Waals surface area contributed by atoms with Gasteiger partial charge in [0.25, 0.3) is 0 Å². The molecule has 6 nitrogen and oxygen atoms in total. The van der Waals surface area contributed by atoms with Gasteiger partial charge in [0, 0.05) is 12.3 Å². The zero-order valence-electron chi connectivity index (χ0n) is 12.8. The molecule has 0 saturated carbocycles. The Morgan fingerprint density at radius 3 is 2.62 bits per heavy atom. The minimum Gasteiger partial charge on any atom is -0.480 e. The van der Waals surface area contributed by atoms with Gasteiger partial charge in [0.05, 0.1) is 17.6 Å². The van der Waals surface area contributed by atoms with Crippen LogP contribution in [0.2, 0.25) is 0 Å². The minimum atomic E-state index is -2.18. The summed E-state index contributed by atoms with van der Waals surface area (Å²) < 4.78 is 47.2. The molecule has 1 unspecified atom stereocenters. The van der Waals surface area contributed by atoms with E-state index in [-0.39, 0.29) is 11.6 Å². The predicted molar refractivity (Wildman–Crippen MR) is 83.5 cm³/mol. The molecule has 0 aliphatic heterocycles. The lowest BCUT2D eigenvalue weighted by molar-refractivity contribution is 0.0691. The number of pyridine rings is 1. The fourth-order valence-electron chi connectivity index (χ4n) is 1.91. The van der Waals surface area contributed by atoms with Crippen molar-refractivity contribution in [3.8, 4) is 5.88 Å². The lowest BCUT2D eigenvalue weighted by atomic mass is 10.2. The summed E-state index contributed by atoms with van der Waals surface area (Å²) in [6, 6.07) is 2.71. The molecular weight excluding hydrogens is 342 g/mol. The molecule has 24 heavy (non-hydrogen) atoms. The van der Waals surface area contributed by atoms with E-state index in [0.717, 1.165) is 5.56 Å². The highest BCUT2D eigenvalue weighted by Gasteiger charge is 2.20. The van der Waals surface area contributed by atoms with Gasteiger partial charge in [-0.1, -0.05) is 6.92 Å². The van der Waals surface area contributed by atoms with Crippen molar-refractivity contribution in [3.05, 3.63) is 47.2 Å². The Bertz CT molecular complexity index is 814. The maximum Gasteiger partial charge on any atom is 0.338 e. The zero-order chi connectivity index (χ0) is 17.9. The first-order valence-electron chi connectivity index (χ1n) is 6.81. The van der Waals surface area contributed by atoms with Crippen molar-refractivity contribution in [1.29, 1.82) is 0 Å². The molecule has 0 aliphatic rings. The van der Waals surface area contributed by atoms with Crippen molar-refractivity contribution < 1.29 is 27.6 Å². The third-order valence-corrected chi connectivity index (χ3v) is 4.28. The second-order valence-electron chi connectivity index (χ2n) is 4.69. The Morgan fingerprint density at radius 1 is 1.33 bits per heavy atom. The van der Waals surface area contributed by atoms with Gasteiger partial charge in [-0.05, 0) is 24.1 Å². The highest BCUT2D eigenvalue weighted by molar-refractivity contribution is 7.86. The number of nitrogens with one attached hydrogen (secondary N) is 1. The molecule has 1 aromatic carbocycles. The molecule has 0 bridgehead atoms. The number of carbonyl (C=O) groups is 1. The molecule has 1 atom stereocenters. The molecule has 0 spiro atoms. The van der Waals surface area contributed by atoms with Crippen LogP contribution in [0.15, 0.2) is 29.3 Å². The van der Waals surface area contributed by atoms with Gasteiger partial charge in [0.2, 0.25) is 5.88 Å². The van der Waals surface area contributed by atoms with E-state index < -0.39 is 39.0 Å². The summed E-state index contributed by atoms with van der Waals surface area (Å²) in [4.78, 5) is 14.5. The summed E-state index contributed by atoms with van der Waals surface area (Å²) in [5.74, 6) is -3.81. The maximum absolute atomic E-state index is 13.9. The summed E-state index contributed by atoms with van der Waals surface area (Å²) in [6.07, 6.45) is 2.24. The van der Waals surface area contributed by atoms with Crippen molar-refractivity contribution in [2.75, 3.05) is 11.8 Å². The quantitative estimate of drug-likeness (QED) is 0.831. The number of aryl methyl sites for hydroxylation is 1. The van der Waals surface area contributed by atoms with Crippen LogP contribution >= 0.6 is 0 Å². The number of rotatable bonds is 6. The van der Waals surface area contributed by atoms with Gasteiger partial charge in [0.15, 0.2) is 11.0 Å². The number of ether oxygens (including phenoxy) is 1. The van der Waals surface area contributed by atoms with Crippen LogP contribution in [0.25, 0.3) is 0 Å². The monoisotopic (exact) mass is 356 g/mol. The molecule has 0 saturated heterocycles. The molecule has 2 N–H and O–H groups in total. The molecule has 1 aromatic heterocycles. The van der Waals surface area contributed by atoms with E-state index in [1.165, 1.54) is 7.11 Å². The number of halogens is 2. The molecule has 128 valence electrons. The number of anilines is 1. The number of hydrogen-bond acceptors (Lipinski definition) is 4.